The van der Waals surface area contributed by atoms with E-state index in [9.17, 15) is 0 Å². The normalized spacial score (nSPS) is 15.8. The SMILES string of the molecule is C(=N\Nc1nc(N2CCCC2)nc(N2CCCC2)n1)/c1cn(CCOc2ccccc2)c2ccccc12. The van der Waals surface area contributed by atoms with Crippen molar-refractivity contribution in [2.45, 2.75) is 32.2 Å². The molecule has 0 atom stereocenters. The van der Waals surface area contributed by atoms with E-state index in [1.54, 1.807) is 0 Å². The Morgan fingerprint density at radius 1 is 0.811 bits per heavy atom. The van der Waals surface area contributed by atoms with Crippen molar-refractivity contribution in [1.29, 1.82) is 0 Å². The first-order valence-electron chi connectivity index (χ1n) is 13.1. The van der Waals surface area contributed by atoms with E-state index in [1.165, 1.54) is 25.7 Å². The van der Waals surface area contributed by atoms with Crippen LogP contribution in [-0.4, -0.2) is 58.5 Å². The highest BCUT2D eigenvalue weighted by molar-refractivity contribution is 5.99. The van der Waals surface area contributed by atoms with E-state index in [2.05, 4.69) is 65.3 Å². The van der Waals surface area contributed by atoms with Gasteiger partial charge in [-0.1, -0.05) is 36.4 Å². The molecule has 2 fully saturated rings. The van der Waals surface area contributed by atoms with Crippen LogP contribution in [0.25, 0.3) is 10.9 Å². The largest absolute Gasteiger partial charge is 0.492 e. The fourth-order valence-corrected chi connectivity index (χ4v) is 5.02. The lowest BCUT2D eigenvalue weighted by Gasteiger charge is -2.20. The van der Waals surface area contributed by atoms with Crippen molar-refractivity contribution < 1.29 is 4.74 Å². The van der Waals surface area contributed by atoms with Crippen LogP contribution in [-0.2, 0) is 6.54 Å². The topological polar surface area (TPSA) is 83.7 Å². The summed E-state index contributed by atoms with van der Waals surface area (Å²) in [6, 6.07) is 18.3. The van der Waals surface area contributed by atoms with Crippen LogP contribution in [0.5, 0.6) is 5.75 Å². The van der Waals surface area contributed by atoms with E-state index in [0.29, 0.717) is 12.6 Å². The van der Waals surface area contributed by atoms with Gasteiger partial charge in [0.25, 0.3) is 0 Å². The van der Waals surface area contributed by atoms with Crippen LogP contribution in [0, 0.1) is 0 Å². The van der Waals surface area contributed by atoms with E-state index in [1.807, 2.05) is 36.5 Å². The average molecular weight is 497 g/mol. The number of nitrogens with zero attached hydrogens (tertiary/aromatic N) is 7. The van der Waals surface area contributed by atoms with E-state index in [4.69, 9.17) is 9.72 Å². The van der Waals surface area contributed by atoms with Crippen molar-refractivity contribution in [2.75, 3.05) is 48.0 Å². The van der Waals surface area contributed by atoms with Crippen molar-refractivity contribution in [2.24, 2.45) is 5.10 Å². The van der Waals surface area contributed by atoms with Gasteiger partial charge in [-0.05, 0) is 43.9 Å². The first-order chi connectivity index (χ1) is 18.3. The Bertz CT molecular complexity index is 1320. The number of benzene rings is 2. The Morgan fingerprint density at radius 2 is 1.46 bits per heavy atom. The zero-order chi connectivity index (χ0) is 24.9. The van der Waals surface area contributed by atoms with Gasteiger partial charge in [0.2, 0.25) is 17.8 Å². The molecule has 2 saturated heterocycles. The van der Waals surface area contributed by atoms with Gasteiger partial charge in [-0.2, -0.15) is 20.1 Å². The van der Waals surface area contributed by atoms with Gasteiger partial charge in [-0.15, -0.1) is 0 Å². The Labute approximate surface area is 216 Å². The third kappa shape index (κ3) is 5.35. The van der Waals surface area contributed by atoms with Crippen LogP contribution in [0.3, 0.4) is 0 Å². The molecule has 2 aliphatic heterocycles. The van der Waals surface area contributed by atoms with Crippen molar-refractivity contribution in [1.82, 2.24) is 19.5 Å². The molecule has 0 spiro atoms. The molecular weight excluding hydrogens is 464 g/mol. The minimum absolute atomic E-state index is 0.482. The molecule has 4 aromatic rings. The zero-order valence-corrected chi connectivity index (χ0v) is 21.0. The number of nitrogens with one attached hydrogen (secondary N) is 1. The van der Waals surface area contributed by atoms with Gasteiger partial charge in [0.1, 0.15) is 12.4 Å². The van der Waals surface area contributed by atoms with Gasteiger partial charge in [0.15, 0.2) is 0 Å². The summed E-state index contributed by atoms with van der Waals surface area (Å²) < 4.78 is 8.12. The summed E-state index contributed by atoms with van der Waals surface area (Å²) in [6.45, 7) is 5.27. The first-order valence-corrected chi connectivity index (χ1v) is 13.1. The highest BCUT2D eigenvalue weighted by Crippen LogP contribution is 2.23. The molecule has 0 saturated carbocycles. The minimum atomic E-state index is 0.482. The maximum Gasteiger partial charge on any atom is 0.250 e. The highest BCUT2D eigenvalue weighted by Gasteiger charge is 2.21. The Balaban J connectivity index is 1.19. The van der Waals surface area contributed by atoms with Crippen LogP contribution in [0.2, 0.25) is 0 Å². The van der Waals surface area contributed by atoms with Crippen molar-refractivity contribution >= 4 is 35.0 Å². The molecule has 0 aliphatic carbocycles. The molecular formula is C28H32N8O. The lowest BCUT2D eigenvalue weighted by Crippen LogP contribution is -2.25. The minimum Gasteiger partial charge on any atom is -0.492 e. The summed E-state index contributed by atoms with van der Waals surface area (Å²) in [5.41, 5.74) is 5.25. The monoisotopic (exact) mass is 496 g/mol. The Kier molecular flexibility index (Phi) is 6.83. The molecule has 0 bridgehead atoms. The third-order valence-electron chi connectivity index (χ3n) is 6.92. The molecule has 190 valence electrons. The smallest absolute Gasteiger partial charge is 0.250 e. The van der Waals surface area contributed by atoms with Gasteiger partial charge < -0.3 is 19.1 Å². The molecule has 4 heterocycles. The van der Waals surface area contributed by atoms with Gasteiger partial charge in [-0.25, -0.2) is 5.43 Å². The number of hydrazone groups is 1. The summed E-state index contributed by atoms with van der Waals surface area (Å²) in [7, 11) is 0. The number of anilines is 3. The molecule has 2 aliphatic rings. The van der Waals surface area contributed by atoms with Gasteiger partial charge in [0.05, 0.1) is 12.8 Å². The van der Waals surface area contributed by atoms with E-state index in [-0.39, 0.29) is 0 Å². The van der Waals surface area contributed by atoms with Crippen LogP contribution >= 0.6 is 0 Å². The van der Waals surface area contributed by atoms with E-state index in [0.717, 1.165) is 66.8 Å². The highest BCUT2D eigenvalue weighted by atomic mass is 16.5. The van der Waals surface area contributed by atoms with Gasteiger partial charge >= 0.3 is 0 Å². The van der Waals surface area contributed by atoms with E-state index < -0.39 is 0 Å². The molecule has 1 N–H and O–H groups in total. The second-order valence-corrected chi connectivity index (χ2v) is 9.47. The molecule has 9 nitrogen and oxygen atoms in total. The van der Waals surface area contributed by atoms with Crippen LogP contribution in [0.15, 0.2) is 65.9 Å². The number of hydrogen-bond donors (Lipinski definition) is 1. The maximum atomic E-state index is 5.92. The molecule has 2 aromatic carbocycles. The first kappa shape index (κ1) is 23.3. The number of para-hydroxylation sites is 2. The molecule has 9 heteroatoms. The van der Waals surface area contributed by atoms with Gasteiger partial charge in [-0.3, -0.25) is 0 Å². The van der Waals surface area contributed by atoms with Crippen LogP contribution < -0.4 is 20.0 Å². The molecule has 2 aromatic heterocycles. The summed E-state index contributed by atoms with van der Waals surface area (Å²) in [6.07, 6.45) is 8.64. The zero-order valence-electron chi connectivity index (χ0n) is 21.0. The number of hydrogen-bond acceptors (Lipinski definition) is 8. The van der Waals surface area contributed by atoms with E-state index >= 15 is 0 Å². The quantitative estimate of drug-likeness (QED) is 0.269. The Morgan fingerprint density at radius 3 is 2.16 bits per heavy atom. The van der Waals surface area contributed by atoms with Crippen molar-refractivity contribution in [3.8, 4) is 5.75 Å². The molecule has 0 radical (unpaired) electrons. The predicted molar refractivity (Wildman–Crippen MR) is 148 cm³/mol. The number of rotatable bonds is 9. The average Bonchev–Trinajstić information content (AvgIpc) is 3.72. The summed E-state index contributed by atoms with van der Waals surface area (Å²) in [4.78, 5) is 18.6. The maximum absolute atomic E-state index is 5.92. The number of ether oxygens (including phenoxy) is 1. The molecule has 0 amide bonds. The van der Waals surface area contributed by atoms with Crippen molar-refractivity contribution in [3.05, 3.63) is 66.4 Å². The second-order valence-electron chi connectivity index (χ2n) is 9.47. The predicted octanol–water partition coefficient (Wildman–Crippen LogP) is 4.55. The molecule has 37 heavy (non-hydrogen) atoms. The molecule has 0 unspecified atom stereocenters. The molecule has 6 rings (SSSR count). The van der Waals surface area contributed by atoms with Crippen LogP contribution in [0.4, 0.5) is 17.8 Å². The van der Waals surface area contributed by atoms with Crippen molar-refractivity contribution in [3.63, 3.8) is 0 Å². The Hall–Kier alpha value is -4.14. The lowest BCUT2D eigenvalue weighted by atomic mass is 10.2. The standard InChI is InChI=1S/C28H32N8O/c1-2-10-23(11-3-1)37-19-18-36-21-22(24-12-4-5-13-25(24)36)20-29-33-26-30-27(34-14-6-7-15-34)32-28(31-26)35-16-8-9-17-35/h1-5,10-13,20-21H,6-9,14-19H2,(H,30,31,32,33)/b29-20+. The lowest BCUT2D eigenvalue weighted by molar-refractivity contribution is 0.300. The fourth-order valence-electron chi connectivity index (χ4n) is 5.02. The van der Waals surface area contributed by atoms with Crippen LogP contribution in [0.1, 0.15) is 31.2 Å². The fraction of sp³-hybridized carbons (Fsp3) is 0.357. The second kappa shape index (κ2) is 10.9. The summed E-state index contributed by atoms with van der Waals surface area (Å²) >= 11 is 0. The number of aromatic nitrogens is 4. The third-order valence-corrected chi connectivity index (χ3v) is 6.92. The number of fused-ring (bicyclic) bond motifs is 1. The summed E-state index contributed by atoms with van der Waals surface area (Å²) in [5.74, 6) is 2.84. The van der Waals surface area contributed by atoms with Gasteiger partial charge in [0, 0.05) is 48.8 Å². The summed E-state index contributed by atoms with van der Waals surface area (Å²) in [5, 5.41) is 5.67.